The Labute approximate surface area is 102 Å². The van der Waals surface area contributed by atoms with E-state index in [9.17, 15) is 8.42 Å². The number of piperidine rings is 1. The Bertz CT molecular complexity index is 505. The Morgan fingerprint density at radius 3 is 2.71 bits per heavy atom. The van der Waals surface area contributed by atoms with E-state index in [0.29, 0.717) is 23.7 Å². The van der Waals surface area contributed by atoms with Crippen LogP contribution in [0.25, 0.3) is 0 Å². The number of H-pyrrole nitrogens is 1. The molecule has 96 valence electrons. The van der Waals surface area contributed by atoms with Crippen LogP contribution in [0.2, 0.25) is 0 Å². The summed E-state index contributed by atoms with van der Waals surface area (Å²) >= 11 is 0. The molecule has 6 heteroatoms. The molecule has 1 fully saturated rings. The van der Waals surface area contributed by atoms with E-state index >= 15 is 0 Å². The van der Waals surface area contributed by atoms with Crippen molar-refractivity contribution in [3.63, 3.8) is 0 Å². The zero-order valence-corrected chi connectivity index (χ0v) is 11.3. The second-order valence-corrected chi connectivity index (χ2v) is 7.37. The summed E-state index contributed by atoms with van der Waals surface area (Å²) in [4.78, 5) is 0.301. The van der Waals surface area contributed by atoms with E-state index < -0.39 is 10.0 Å². The maximum Gasteiger partial charge on any atom is 0.246 e. The minimum atomic E-state index is -3.38. The van der Waals surface area contributed by atoms with E-state index in [1.54, 1.807) is 11.2 Å². The minimum Gasteiger partial charge on any atom is -0.281 e. The fraction of sp³-hybridized carbons (Fsp3) is 0.727. The molecule has 0 saturated carbocycles. The van der Waals surface area contributed by atoms with Gasteiger partial charge in [0.15, 0.2) is 0 Å². The first kappa shape index (κ1) is 12.6. The van der Waals surface area contributed by atoms with Gasteiger partial charge in [-0.05, 0) is 25.2 Å². The third kappa shape index (κ3) is 2.37. The van der Waals surface area contributed by atoms with Gasteiger partial charge in [0.05, 0.1) is 11.9 Å². The van der Waals surface area contributed by atoms with Crippen LogP contribution >= 0.6 is 0 Å². The standard InChI is InChI=1S/C11H19N3O2S/c1-9-10(7-12-13-9)17(15,16)14-6-4-5-11(2,3)8-14/h7H,4-6,8H2,1-3H3,(H,12,13). The van der Waals surface area contributed by atoms with Gasteiger partial charge in [0.25, 0.3) is 0 Å². The van der Waals surface area contributed by atoms with Crippen molar-refractivity contribution >= 4 is 10.0 Å². The molecule has 1 saturated heterocycles. The summed E-state index contributed by atoms with van der Waals surface area (Å²) in [6, 6.07) is 0. The molecule has 0 amide bonds. The Kier molecular flexibility index (Phi) is 3.03. The van der Waals surface area contributed by atoms with Crippen molar-refractivity contribution in [1.29, 1.82) is 0 Å². The molecule has 2 heterocycles. The third-order valence-corrected chi connectivity index (χ3v) is 5.23. The molecule has 1 N–H and O–H groups in total. The fourth-order valence-electron chi connectivity index (χ4n) is 2.31. The fourth-order valence-corrected chi connectivity index (χ4v) is 4.10. The summed E-state index contributed by atoms with van der Waals surface area (Å²) in [5.41, 5.74) is 0.663. The van der Waals surface area contributed by atoms with Gasteiger partial charge in [0.2, 0.25) is 10.0 Å². The van der Waals surface area contributed by atoms with Crippen molar-refractivity contribution in [1.82, 2.24) is 14.5 Å². The first-order valence-electron chi connectivity index (χ1n) is 5.83. The molecule has 2 rings (SSSR count). The van der Waals surface area contributed by atoms with Gasteiger partial charge in [-0.3, -0.25) is 5.10 Å². The molecule has 0 bridgehead atoms. The lowest BCUT2D eigenvalue weighted by atomic mass is 9.85. The quantitative estimate of drug-likeness (QED) is 0.873. The second kappa shape index (κ2) is 4.10. The van der Waals surface area contributed by atoms with Crippen molar-refractivity contribution in [3.8, 4) is 0 Å². The number of nitrogens with one attached hydrogen (secondary N) is 1. The van der Waals surface area contributed by atoms with Gasteiger partial charge in [-0.1, -0.05) is 13.8 Å². The molecule has 0 unspecified atom stereocenters. The van der Waals surface area contributed by atoms with Gasteiger partial charge >= 0.3 is 0 Å². The molecule has 0 radical (unpaired) electrons. The van der Waals surface area contributed by atoms with E-state index in [4.69, 9.17) is 0 Å². The Hall–Kier alpha value is -0.880. The summed E-state index contributed by atoms with van der Waals surface area (Å²) in [5.74, 6) is 0. The highest BCUT2D eigenvalue weighted by Crippen LogP contribution is 2.32. The highest BCUT2D eigenvalue weighted by molar-refractivity contribution is 7.89. The van der Waals surface area contributed by atoms with Crippen LogP contribution in [0.15, 0.2) is 11.1 Å². The van der Waals surface area contributed by atoms with Crippen LogP contribution in [0.5, 0.6) is 0 Å². The SMILES string of the molecule is Cc1[nH]ncc1S(=O)(=O)N1CCCC(C)(C)C1. The van der Waals surface area contributed by atoms with E-state index in [1.165, 1.54) is 6.20 Å². The third-order valence-electron chi connectivity index (χ3n) is 3.27. The van der Waals surface area contributed by atoms with Crippen LogP contribution in [0.1, 0.15) is 32.4 Å². The summed E-state index contributed by atoms with van der Waals surface area (Å²) in [5, 5.41) is 6.47. The molecule has 1 aliphatic rings. The van der Waals surface area contributed by atoms with Gasteiger partial charge in [-0.15, -0.1) is 0 Å². The first-order chi connectivity index (χ1) is 7.83. The summed E-state index contributed by atoms with van der Waals surface area (Å²) in [6.07, 6.45) is 3.39. The molecule has 1 aromatic heterocycles. The molecule has 5 nitrogen and oxygen atoms in total. The highest BCUT2D eigenvalue weighted by atomic mass is 32.2. The zero-order valence-electron chi connectivity index (χ0n) is 10.5. The van der Waals surface area contributed by atoms with Crippen LogP contribution in [-0.4, -0.2) is 36.0 Å². The molecule has 0 atom stereocenters. The van der Waals surface area contributed by atoms with Crippen molar-refractivity contribution in [2.24, 2.45) is 5.41 Å². The van der Waals surface area contributed by atoms with Crippen LogP contribution in [0.3, 0.4) is 0 Å². The molecular weight excluding hydrogens is 238 g/mol. The van der Waals surface area contributed by atoms with Crippen molar-refractivity contribution in [2.45, 2.75) is 38.5 Å². The van der Waals surface area contributed by atoms with Gasteiger partial charge in [-0.25, -0.2) is 8.42 Å². The molecule has 0 aromatic carbocycles. The second-order valence-electron chi connectivity index (χ2n) is 5.47. The molecule has 0 aliphatic carbocycles. The number of rotatable bonds is 2. The van der Waals surface area contributed by atoms with Crippen molar-refractivity contribution in [2.75, 3.05) is 13.1 Å². The Morgan fingerprint density at radius 1 is 1.47 bits per heavy atom. The summed E-state index contributed by atoms with van der Waals surface area (Å²) < 4.78 is 26.4. The van der Waals surface area contributed by atoms with E-state index in [-0.39, 0.29) is 5.41 Å². The van der Waals surface area contributed by atoms with Crippen LogP contribution in [0.4, 0.5) is 0 Å². The van der Waals surface area contributed by atoms with E-state index in [2.05, 4.69) is 24.0 Å². The average molecular weight is 257 g/mol. The first-order valence-corrected chi connectivity index (χ1v) is 7.27. The lowest BCUT2D eigenvalue weighted by molar-refractivity contribution is 0.187. The number of hydrogen-bond donors (Lipinski definition) is 1. The number of nitrogens with zero attached hydrogens (tertiary/aromatic N) is 2. The Morgan fingerprint density at radius 2 is 2.18 bits per heavy atom. The molecule has 1 aliphatic heterocycles. The minimum absolute atomic E-state index is 0.0585. The maximum absolute atomic E-state index is 12.4. The lowest BCUT2D eigenvalue weighted by Gasteiger charge is -2.37. The number of sulfonamides is 1. The largest absolute Gasteiger partial charge is 0.281 e. The van der Waals surface area contributed by atoms with Crippen molar-refractivity contribution in [3.05, 3.63) is 11.9 Å². The topological polar surface area (TPSA) is 66.1 Å². The van der Waals surface area contributed by atoms with Gasteiger partial charge < -0.3 is 0 Å². The maximum atomic E-state index is 12.4. The zero-order chi connectivity index (χ0) is 12.7. The smallest absolute Gasteiger partial charge is 0.246 e. The van der Waals surface area contributed by atoms with E-state index in [1.807, 2.05) is 0 Å². The van der Waals surface area contributed by atoms with E-state index in [0.717, 1.165) is 12.8 Å². The van der Waals surface area contributed by atoms with Crippen molar-refractivity contribution < 1.29 is 8.42 Å². The number of hydrogen-bond acceptors (Lipinski definition) is 3. The van der Waals surface area contributed by atoms with Crippen LogP contribution in [0, 0.1) is 12.3 Å². The highest BCUT2D eigenvalue weighted by Gasteiger charge is 2.35. The molecule has 1 aromatic rings. The number of aryl methyl sites for hydroxylation is 1. The monoisotopic (exact) mass is 257 g/mol. The predicted octanol–water partition coefficient (Wildman–Crippen LogP) is 1.53. The average Bonchev–Trinajstić information content (AvgIpc) is 2.63. The van der Waals surface area contributed by atoms with Crippen LogP contribution < -0.4 is 0 Å². The molecule has 17 heavy (non-hydrogen) atoms. The predicted molar refractivity (Wildman–Crippen MR) is 65.1 cm³/mol. The molecular formula is C11H19N3O2S. The van der Waals surface area contributed by atoms with Gasteiger partial charge in [0.1, 0.15) is 4.90 Å². The van der Waals surface area contributed by atoms with Crippen LogP contribution in [-0.2, 0) is 10.0 Å². The molecule has 0 spiro atoms. The van der Waals surface area contributed by atoms with Gasteiger partial charge in [-0.2, -0.15) is 9.40 Å². The number of aromatic amines is 1. The van der Waals surface area contributed by atoms with Gasteiger partial charge in [0, 0.05) is 13.1 Å². The summed E-state index contributed by atoms with van der Waals surface area (Å²) in [6.45, 7) is 7.14. The normalized spacial score (nSPS) is 21.6. The summed E-state index contributed by atoms with van der Waals surface area (Å²) in [7, 11) is -3.38. The lowest BCUT2D eigenvalue weighted by Crippen LogP contribution is -2.43. The number of aromatic nitrogens is 2. The Balaban J connectivity index is 2.31.